The fourth-order valence-electron chi connectivity index (χ4n) is 1.97. The molecule has 1 fully saturated rings. The molecule has 2 nitrogen and oxygen atoms in total. The minimum atomic E-state index is 0.344. The highest BCUT2D eigenvalue weighted by Crippen LogP contribution is 2.39. The van der Waals surface area contributed by atoms with Crippen molar-refractivity contribution in [2.45, 2.75) is 32.6 Å². The molecule has 0 atom stereocenters. The number of hydrogen-bond donors (Lipinski definition) is 0. The molecule has 0 aromatic rings. The van der Waals surface area contributed by atoms with Gasteiger partial charge in [-0.1, -0.05) is 19.8 Å². The van der Waals surface area contributed by atoms with Gasteiger partial charge in [-0.25, -0.2) is 0 Å². The van der Waals surface area contributed by atoms with Crippen LogP contribution in [0.2, 0.25) is 0 Å². The van der Waals surface area contributed by atoms with Crippen molar-refractivity contribution in [1.29, 1.82) is 0 Å². The van der Waals surface area contributed by atoms with Gasteiger partial charge in [-0.05, 0) is 18.9 Å². The summed E-state index contributed by atoms with van der Waals surface area (Å²) in [7, 11) is 0. The van der Waals surface area contributed by atoms with Crippen molar-refractivity contribution in [3.8, 4) is 0 Å². The summed E-state index contributed by atoms with van der Waals surface area (Å²) in [5.74, 6) is 0. The minimum absolute atomic E-state index is 0.344. The Balaban J connectivity index is 2.18. The Morgan fingerprint density at radius 2 is 2.09 bits per heavy atom. The Morgan fingerprint density at radius 3 is 2.64 bits per heavy atom. The Kier molecular flexibility index (Phi) is 1.48. The Labute approximate surface area is 67.4 Å². The summed E-state index contributed by atoms with van der Waals surface area (Å²) in [6.07, 6.45) is 9.11. The van der Waals surface area contributed by atoms with Gasteiger partial charge in [-0.15, -0.1) is 0 Å². The van der Waals surface area contributed by atoms with Gasteiger partial charge >= 0.3 is 0 Å². The molecule has 1 radical (unpaired) electrons. The minimum Gasteiger partial charge on any atom is -0.159 e. The number of hydrogen-bond acceptors (Lipinski definition) is 1. The maximum absolute atomic E-state index is 4.12. The van der Waals surface area contributed by atoms with Gasteiger partial charge in [0.25, 0.3) is 0 Å². The van der Waals surface area contributed by atoms with Gasteiger partial charge in [-0.3, -0.25) is 0 Å². The standard InChI is InChI=1S/C9H13N2/c1-9(5-2-3-6-9)8-4-7-10-11-8/h4,7H,2-3,5-6H2,1H3. The Bertz CT molecular complexity index is 210. The second-order valence-corrected chi connectivity index (χ2v) is 3.68. The van der Waals surface area contributed by atoms with Crippen molar-refractivity contribution in [1.82, 2.24) is 5.43 Å². The lowest BCUT2D eigenvalue weighted by Crippen LogP contribution is -2.21. The predicted molar refractivity (Wildman–Crippen MR) is 45.3 cm³/mol. The van der Waals surface area contributed by atoms with Crippen LogP contribution in [-0.2, 0) is 0 Å². The summed E-state index contributed by atoms with van der Waals surface area (Å²) in [6, 6.07) is 0. The molecule has 1 heterocycles. The summed E-state index contributed by atoms with van der Waals surface area (Å²) < 4.78 is 0. The van der Waals surface area contributed by atoms with Gasteiger partial charge in [-0.2, -0.15) is 10.5 Å². The lowest BCUT2D eigenvalue weighted by Gasteiger charge is -2.20. The van der Waals surface area contributed by atoms with Gasteiger partial charge in [0.2, 0.25) is 0 Å². The van der Waals surface area contributed by atoms with Crippen LogP contribution in [0.5, 0.6) is 0 Å². The topological polar surface area (TPSA) is 26.5 Å². The van der Waals surface area contributed by atoms with E-state index in [4.69, 9.17) is 0 Å². The first-order valence-corrected chi connectivity index (χ1v) is 4.26. The SMILES string of the molecule is CC1(C2=N[N]C=C2)CCCC1. The van der Waals surface area contributed by atoms with Crippen LogP contribution in [0.25, 0.3) is 0 Å². The van der Waals surface area contributed by atoms with Crippen molar-refractivity contribution in [2.24, 2.45) is 10.5 Å². The fourth-order valence-corrected chi connectivity index (χ4v) is 1.97. The van der Waals surface area contributed by atoms with Gasteiger partial charge in [0.1, 0.15) is 0 Å². The van der Waals surface area contributed by atoms with Crippen molar-refractivity contribution >= 4 is 5.71 Å². The number of rotatable bonds is 1. The summed E-state index contributed by atoms with van der Waals surface area (Å²) in [5.41, 5.74) is 5.40. The van der Waals surface area contributed by atoms with Crippen LogP contribution < -0.4 is 5.43 Å². The first kappa shape index (κ1) is 6.89. The van der Waals surface area contributed by atoms with Crippen LogP contribution in [0.4, 0.5) is 0 Å². The number of allylic oxidation sites excluding steroid dienone is 1. The van der Waals surface area contributed by atoms with E-state index in [1.54, 1.807) is 6.20 Å². The molecule has 0 saturated heterocycles. The molecule has 0 spiro atoms. The van der Waals surface area contributed by atoms with Crippen LogP contribution in [0.3, 0.4) is 0 Å². The molecule has 11 heavy (non-hydrogen) atoms. The van der Waals surface area contributed by atoms with Gasteiger partial charge in [0, 0.05) is 5.41 Å². The second-order valence-electron chi connectivity index (χ2n) is 3.68. The van der Waals surface area contributed by atoms with Crippen molar-refractivity contribution < 1.29 is 0 Å². The zero-order valence-corrected chi connectivity index (χ0v) is 6.88. The van der Waals surface area contributed by atoms with Gasteiger partial charge in [0.15, 0.2) is 0 Å². The first-order chi connectivity index (χ1) is 5.31. The van der Waals surface area contributed by atoms with Crippen LogP contribution in [-0.4, -0.2) is 5.71 Å². The smallest absolute Gasteiger partial charge is 0.0705 e. The zero-order valence-electron chi connectivity index (χ0n) is 6.88. The molecule has 0 aromatic heterocycles. The van der Waals surface area contributed by atoms with E-state index >= 15 is 0 Å². The van der Waals surface area contributed by atoms with E-state index in [0.717, 1.165) is 0 Å². The van der Waals surface area contributed by atoms with E-state index in [0.29, 0.717) is 5.41 Å². The largest absolute Gasteiger partial charge is 0.159 e. The highest BCUT2D eigenvalue weighted by Gasteiger charge is 2.33. The second kappa shape index (κ2) is 2.36. The molecular formula is C9H13N2. The monoisotopic (exact) mass is 149 g/mol. The van der Waals surface area contributed by atoms with Crippen LogP contribution in [0.15, 0.2) is 17.4 Å². The average Bonchev–Trinajstić information content (AvgIpc) is 2.55. The molecule has 2 aliphatic rings. The molecule has 0 aromatic carbocycles. The van der Waals surface area contributed by atoms with Crippen molar-refractivity contribution in [2.75, 3.05) is 0 Å². The Morgan fingerprint density at radius 1 is 1.36 bits per heavy atom. The lowest BCUT2D eigenvalue weighted by molar-refractivity contribution is 0.488. The lowest BCUT2D eigenvalue weighted by atomic mass is 9.83. The zero-order chi connectivity index (χ0) is 7.73. The molecule has 2 rings (SSSR count). The summed E-state index contributed by atoms with van der Waals surface area (Å²) in [4.78, 5) is 0. The maximum atomic E-state index is 4.12. The average molecular weight is 149 g/mol. The quantitative estimate of drug-likeness (QED) is 0.545. The Hall–Kier alpha value is -0.790. The summed E-state index contributed by atoms with van der Waals surface area (Å²) >= 11 is 0. The normalized spacial score (nSPS) is 26.8. The fraction of sp³-hybridized carbons (Fsp3) is 0.667. The van der Waals surface area contributed by atoms with E-state index in [1.807, 2.05) is 6.08 Å². The summed E-state index contributed by atoms with van der Waals surface area (Å²) in [6.45, 7) is 2.30. The highest BCUT2D eigenvalue weighted by atomic mass is 15.3. The molecule has 1 aliphatic carbocycles. The molecule has 59 valence electrons. The van der Waals surface area contributed by atoms with E-state index in [-0.39, 0.29) is 0 Å². The molecule has 0 bridgehead atoms. The maximum Gasteiger partial charge on any atom is 0.0705 e. The third-order valence-corrected chi connectivity index (χ3v) is 2.79. The molecule has 0 N–H and O–H groups in total. The van der Waals surface area contributed by atoms with E-state index in [9.17, 15) is 0 Å². The van der Waals surface area contributed by atoms with E-state index < -0.39 is 0 Å². The van der Waals surface area contributed by atoms with Crippen molar-refractivity contribution in [3.05, 3.63) is 12.3 Å². The molecule has 0 unspecified atom stereocenters. The van der Waals surface area contributed by atoms with Crippen molar-refractivity contribution in [3.63, 3.8) is 0 Å². The third kappa shape index (κ3) is 1.06. The summed E-state index contributed by atoms with van der Waals surface area (Å²) in [5, 5.41) is 4.12. The van der Waals surface area contributed by atoms with Crippen LogP contribution in [0, 0.1) is 5.41 Å². The highest BCUT2D eigenvalue weighted by molar-refractivity contribution is 6.00. The van der Waals surface area contributed by atoms with E-state index in [1.165, 1.54) is 31.4 Å². The molecule has 1 aliphatic heterocycles. The van der Waals surface area contributed by atoms with Crippen LogP contribution >= 0.6 is 0 Å². The molecule has 2 heteroatoms. The van der Waals surface area contributed by atoms with Crippen LogP contribution in [0.1, 0.15) is 32.6 Å². The van der Waals surface area contributed by atoms with Gasteiger partial charge < -0.3 is 0 Å². The number of nitrogens with zero attached hydrogens (tertiary/aromatic N) is 2. The molecule has 0 amide bonds. The molecular weight excluding hydrogens is 136 g/mol. The molecule has 1 saturated carbocycles. The predicted octanol–water partition coefficient (Wildman–Crippen LogP) is 2.05. The van der Waals surface area contributed by atoms with Gasteiger partial charge in [0.05, 0.1) is 11.9 Å². The first-order valence-electron chi connectivity index (χ1n) is 4.26. The van der Waals surface area contributed by atoms with E-state index in [2.05, 4.69) is 17.5 Å². The third-order valence-electron chi connectivity index (χ3n) is 2.79.